The van der Waals surface area contributed by atoms with Crippen molar-refractivity contribution in [1.29, 1.82) is 0 Å². The maximum Gasteiger partial charge on any atom is 0.495 e. The van der Waals surface area contributed by atoms with Gasteiger partial charge < -0.3 is 9.96 Å². The fourth-order valence-electron chi connectivity index (χ4n) is 1.52. The minimum absolute atomic E-state index is 0.0694. The molecule has 0 fully saturated rings. The van der Waals surface area contributed by atoms with E-state index in [2.05, 4.69) is 38.7 Å². The van der Waals surface area contributed by atoms with E-state index in [0.29, 0.717) is 6.61 Å². The van der Waals surface area contributed by atoms with E-state index in [9.17, 15) is 13.2 Å². The molecule has 22 heavy (non-hydrogen) atoms. The Morgan fingerprint density at radius 2 is 1.64 bits per heavy atom. The van der Waals surface area contributed by atoms with Crippen molar-refractivity contribution in [2.24, 2.45) is 0 Å². The van der Waals surface area contributed by atoms with Crippen molar-refractivity contribution >= 4 is 14.0 Å². The predicted octanol–water partition coefficient (Wildman–Crippen LogP) is 4.79. The van der Waals surface area contributed by atoms with Gasteiger partial charge in [0, 0.05) is 0 Å². The molecule has 122 valence electrons. The molecule has 0 saturated heterocycles. The van der Waals surface area contributed by atoms with E-state index in [1.165, 1.54) is 12.1 Å². The molecule has 0 amide bonds. The summed E-state index contributed by atoms with van der Waals surface area (Å²) in [4.78, 5) is 2.34. The van der Waals surface area contributed by atoms with Gasteiger partial charge in [-0.05, 0) is 35.8 Å². The Morgan fingerprint density at radius 3 is 2.00 bits per heavy atom. The van der Waals surface area contributed by atoms with Crippen molar-refractivity contribution in [3.05, 3.63) is 40.9 Å². The molecule has 0 unspecified atom stereocenters. The van der Waals surface area contributed by atoms with E-state index in [4.69, 9.17) is 9.96 Å². The maximum atomic E-state index is 12.6. The first-order chi connectivity index (χ1) is 9.88. The number of halogens is 3. The van der Waals surface area contributed by atoms with Crippen molar-refractivity contribution in [3.8, 4) is 0 Å². The first-order valence-electron chi connectivity index (χ1n) is 6.91. The van der Waals surface area contributed by atoms with Crippen LogP contribution < -0.4 is 0 Å². The molecule has 1 aromatic rings. The molecule has 1 aromatic carbocycles. The number of alkyl halides is 3. The van der Waals surface area contributed by atoms with Gasteiger partial charge in [-0.15, -0.1) is 0 Å². The molecule has 0 aliphatic carbocycles. The molecule has 0 N–H and O–H groups in total. The number of nitrogens with zero attached hydrogens (tertiary/aromatic N) is 2. The van der Waals surface area contributed by atoms with Crippen LogP contribution in [0.2, 0.25) is 18.1 Å². The van der Waals surface area contributed by atoms with Crippen LogP contribution in [0.15, 0.2) is 24.3 Å². The lowest BCUT2D eigenvalue weighted by Crippen LogP contribution is -2.40. The molecule has 0 spiro atoms. The average molecular weight is 330 g/mol. The van der Waals surface area contributed by atoms with Crippen LogP contribution in [0, 0.1) is 0 Å². The van der Waals surface area contributed by atoms with Gasteiger partial charge in [0.1, 0.15) is 0 Å². The van der Waals surface area contributed by atoms with Gasteiger partial charge in [0.05, 0.1) is 12.2 Å². The van der Waals surface area contributed by atoms with Crippen molar-refractivity contribution < 1.29 is 22.4 Å². The van der Waals surface area contributed by atoms with Crippen LogP contribution in [0.4, 0.5) is 13.2 Å². The zero-order chi connectivity index (χ0) is 17.2. The lowest BCUT2D eigenvalue weighted by molar-refractivity contribution is -0.111. The highest BCUT2D eigenvalue weighted by Crippen LogP contribution is 2.37. The van der Waals surface area contributed by atoms with Crippen LogP contribution in [0.3, 0.4) is 0 Å². The van der Waals surface area contributed by atoms with Crippen molar-refractivity contribution in [2.45, 2.75) is 51.7 Å². The third-order valence-corrected chi connectivity index (χ3v) is 8.48. The normalized spacial score (nSPS) is 12.9. The molecular weight excluding hydrogens is 309 g/mol. The van der Waals surface area contributed by atoms with Crippen LogP contribution >= 0.6 is 0 Å². The average Bonchev–Trinajstić information content (AvgIpc) is 2.35. The van der Waals surface area contributed by atoms with E-state index in [1.807, 2.05) is 0 Å². The lowest BCUT2D eigenvalue weighted by Gasteiger charge is -2.36. The van der Waals surface area contributed by atoms with E-state index in [1.54, 1.807) is 12.1 Å². The van der Waals surface area contributed by atoms with Gasteiger partial charge >= 0.3 is 11.9 Å². The van der Waals surface area contributed by atoms with E-state index >= 15 is 0 Å². The Kier molecular flexibility index (Phi) is 5.38. The summed E-state index contributed by atoms with van der Waals surface area (Å²) in [7, 11) is -1.90. The minimum Gasteiger partial charge on any atom is -0.413 e. The zero-order valence-electron chi connectivity index (χ0n) is 13.5. The zero-order valence-corrected chi connectivity index (χ0v) is 14.5. The largest absolute Gasteiger partial charge is 0.495 e. The number of benzene rings is 1. The second-order valence-electron chi connectivity index (χ2n) is 6.69. The van der Waals surface area contributed by atoms with Crippen LogP contribution in [0.5, 0.6) is 0 Å². The van der Waals surface area contributed by atoms with E-state index in [-0.39, 0.29) is 10.6 Å². The Morgan fingerprint density at radius 1 is 1.14 bits per heavy atom. The molecule has 0 bridgehead atoms. The minimum atomic E-state index is -4.69. The van der Waals surface area contributed by atoms with Gasteiger partial charge in [-0.25, -0.2) is 0 Å². The first kappa shape index (κ1) is 18.6. The molecular formula is C15H21F3N2OSi. The number of hydrogen-bond acceptors (Lipinski definition) is 1. The lowest BCUT2D eigenvalue weighted by atomic mass is 10.1. The van der Waals surface area contributed by atoms with E-state index in [0.717, 1.165) is 5.56 Å². The molecule has 1 rings (SSSR count). The maximum absolute atomic E-state index is 12.6. The molecule has 0 heterocycles. The third-order valence-electron chi connectivity index (χ3n) is 4.00. The molecule has 3 nitrogen and oxygen atoms in total. The summed E-state index contributed by atoms with van der Waals surface area (Å²) >= 11 is 0. The van der Waals surface area contributed by atoms with Crippen LogP contribution in [0.25, 0.3) is 5.53 Å². The molecule has 0 radical (unpaired) electrons. The number of rotatable bonds is 4. The van der Waals surface area contributed by atoms with Gasteiger partial charge in [-0.2, -0.15) is 18.0 Å². The molecule has 0 aliphatic heterocycles. The van der Waals surface area contributed by atoms with Crippen molar-refractivity contribution in [2.75, 3.05) is 0 Å². The smallest absolute Gasteiger partial charge is 0.413 e. The van der Waals surface area contributed by atoms with Crippen LogP contribution in [-0.4, -0.2) is 25.0 Å². The first-order valence-corrected chi connectivity index (χ1v) is 9.82. The highest BCUT2D eigenvalue weighted by atomic mass is 28.4. The Balaban J connectivity index is 2.85. The van der Waals surface area contributed by atoms with Crippen LogP contribution in [-0.2, 0) is 11.0 Å². The topological polar surface area (TPSA) is 45.6 Å². The molecule has 7 heteroatoms. The van der Waals surface area contributed by atoms with Crippen molar-refractivity contribution in [1.82, 2.24) is 0 Å². The standard InChI is InChI=1S/C15H21F3N2OSi/c1-14(2,3)22(4,5)21-10-11-6-8-12(9-7-11)13(20-19)15(16,17)18/h6-9H,10H2,1-5H3. The van der Waals surface area contributed by atoms with Gasteiger partial charge in [-0.3, -0.25) is 0 Å². The fraction of sp³-hybridized carbons (Fsp3) is 0.533. The highest BCUT2D eigenvalue weighted by molar-refractivity contribution is 6.74. The quantitative estimate of drug-likeness (QED) is 0.339. The monoisotopic (exact) mass is 330 g/mol. The molecule has 0 atom stereocenters. The van der Waals surface area contributed by atoms with Gasteiger partial charge in [0.15, 0.2) is 8.32 Å². The summed E-state index contributed by atoms with van der Waals surface area (Å²) in [5.74, 6) is 0. The van der Waals surface area contributed by atoms with Gasteiger partial charge in [-0.1, -0.05) is 32.9 Å². The third kappa shape index (κ3) is 4.53. The predicted molar refractivity (Wildman–Crippen MR) is 82.2 cm³/mol. The summed E-state index contributed by atoms with van der Waals surface area (Å²) in [5.41, 5.74) is 7.84. The second kappa shape index (κ2) is 6.36. The summed E-state index contributed by atoms with van der Waals surface area (Å²) < 4.78 is 43.9. The van der Waals surface area contributed by atoms with Gasteiger partial charge in [0.25, 0.3) is 0 Å². The highest BCUT2D eigenvalue weighted by Gasteiger charge is 2.45. The van der Waals surface area contributed by atoms with Crippen LogP contribution in [0.1, 0.15) is 31.9 Å². The summed E-state index contributed by atoms with van der Waals surface area (Å²) in [6, 6.07) is 5.68. The Labute approximate surface area is 129 Å². The summed E-state index contributed by atoms with van der Waals surface area (Å²) in [6.07, 6.45) is -4.69. The number of hydrogen-bond donors (Lipinski definition) is 0. The Hall–Kier alpha value is -1.43. The van der Waals surface area contributed by atoms with Gasteiger partial charge in [0.2, 0.25) is 0 Å². The molecule has 0 aliphatic rings. The van der Waals surface area contributed by atoms with E-state index < -0.39 is 20.2 Å². The fourth-order valence-corrected chi connectivity index (χ4v) is 2.48. The SMILES string of the molecule is CC(C)(C)[Si](C)(C)OCc1ccc(C(=[N+]=[N-])C(F)(F)F)cc1. The summed E-state index contributed by atoms with van der Waals surface area (Å²) in [5, 5.41) is 0.0694. The molecule has 0 aromatic heterocycles. The Bertz CT molecular complexity index is 568. The summed E-state index contributed by atoms with van der Waals surface area (Å²) in [6.45, 7) is 10.9. The molecule has 0 saturated carbocycles. The second-order valence-corrected chi connectivity index (χ2v) is 11.5. The van der Waals surface area contributed by atoms with Crippen molar-refractivity contribution in [3.63, 3.8) is 0 Å².